The van der Waals surface area contributed by atoms with Gasteiger partial charge in [-0.2, -0.15) is 5.10 Å². The average Bonchev–Trinajstić information content (AvgIpc) is 2.35. The zero-order valence-electron chi connectivity index (χ0n) is 9.76. The monoisotopic (exact) mass is 259 g/mol. The van der Waals surface area contributed by atoms with E-state index in [0.29, 0.717) is 26.2 Å². The van der Waals surface area contributed by atoms with Crippen molar-refractivity contribution in [2.45, 2.75) is 6.92 Å². The van der Waals surface area contributed by atoms with E-state index in [1.807, 2.05) is 0 Å². The van der Waals surface area contributed by atoms with Gasteiger partial charge in [-0.25, -0.2) is 0 Å². The molecule has 8 heteroatoms. The van der Waals surface area contributed by atoms with Crippen LogP contribution in [0.1, 0.15) is 6.92 Å². The normalized spacial score (nSPS) is 17.1. The predicted octanol–water partition coefficient (Wildman–Crippen LogP) is -1.40. The number of rotatable bonds is 2. The van der Waals surface area contributed by atoms with Crippen molar-refractivity contribution in [1.29, 1.82) is 0 Å². The van der Waals surface area contributed by atoms with Gasteiger partial charge < -0.3 is 21.4 Å². The van der Waals surface area contributed by atoms with E-state index in [4.69, 9.17) is 11.6 Å². The van der Waals surface area contributed by atoms with E-state index < -0.39 is 0 Å². The summed E-state index contributed by atoms with van der Waals surface area (Å²) in [6, 6.07) is 0. The van der Waals surface area contributed by atoms with E-state index in [0.717, 1.165) is 11.8 Å². The fourth-order valence-corrected chi connectivity index (χ4v) is 2.06. The molecule has 0 atom stereocenters. The van der Waals surface area contributed by atoms with Gasteiger partial charge in [0.2, 0.25) is 11.8 Å². The zero-order chi connectivity index (χ0) is 12.8. The molecular weight excluding hydrogens is 242 g/mol. The molecule has 1 fully saturated rings. The minimum Gasteiger partial charge on any atom is -0.377 e. The van der Waals surface area contributed by atoms with Crippen LogP contribution in [-0.4, -0.2) is 58.7 Å². The Labute approximate surface area is 104 Å². The first-order chi connectivity index (χ1) is 8.04. The lowest BCUT2D eigenvalue weighted by Gasteiger charge is -2.34. The number of thioether (sulfide) groups is 1. The Morgan fingerprint density at radius 1 is 1.24 bits per heavy atom. The molecule has 96 valence electrons. The quantitative estimate of drug-likeness (QED) is 0.274. The van der Waals surface area contributed by atoms with Gasteiger partial charge in [0.25, 0.3) is 0 Å². The molecule has 0 radical (unpaired) electrons. The number of amidine groups is 1. The summed E-state index contributed by atoms with van der Waals surface area (Å²) < 4.78 is 0. The molecule has 1 aliphatic rings. The number of nitrogens with zero attached hydrogens (tertiary/aromatic N) is 3. The number of hydrogen-bond acceptors (Lipinski definition) is 5. The van der Waals surface area contributed by atoms with Crippen molar-refractivity contribution in [2.24, 2.45) is 16.7 Å². The second kappa shape index (κ2) is 6.33. The molecule has 0 aromatic carbocycles. The summed E-state index contributed by atoms with van der Waals surface area (Å²) in [7, 11) is 0. The number of piperazine rings is 1. The summed E-state index contributed by atoms with van der Waals surface area (Å²) in [4.78, 5) is 26.3. The summed E-state index contributed by atoms with van der Waals surface area (Å²) >= 11 is 1.12. The Kier molecular flexibility index (Phi) is 5.08. The van der Waals surface area contributed by atoms with Gasteiger partial charge in [0.1, 0.15) is 0 Å². The second-order valence-electron chi connectivity index (χ2n) is 3.64. The number of hydrazone groups is 1. The Morgan fingerprint density at radius 3 is 2.24 bits per heavy atom. The van der Waals surface area contributed by atoms with Crippen molar-refractivity contribution in [1.82, 2.24) is 9.80 Å². The van der Waals surface area contributed by atoms with E-state index in [2.05, 4.69) is 5.10 Å². The van der Waals surface area contributed by atoms with E-state index in [1.165, 1.54) is 6.92 Å². The maximum absolute atomic E-state index is 11.7. The smallest absolute Gasteiger partial charge is 0.233 e. The molecule has 2 amide bonds. The lowest BCUT2D eigenvalue weighted by atomic mass is 10.3. The highest BCUT2D eigenvalue weighted by Gasteiger charge is 2.22. The highest BCUT2D eigenvalue weighted by molar-refractivity contribution is 8.14. The van der Waals surface area contributed by atoms with Crippen molar-refractivity contribution in [3.63, 3.8) is 0 Å². The molecule has 0 aromatic heterocycles. The van der Waals surface area contributed by atoms with Gasteiger partial charge in [-0.1, -0.05) is 11.8 Å². The van der Waals surface area contributed by atoms with Gasteiger partial charge in [-0.15, -0.1) is 0 Å². The maximum Gasteiger partial charge on any atom is 0.233 e. The topological polar surface area (TPSA) is 105 Å². The molecule has 0 bridgehead atoms. The fraction of sp³-hybridized carbons (Fsp3) is 0.667. The van der Waals surface area contributed by atoms with Crippen molar-refractivity contribution in [2.75, 3.05) is 31.9 Å². The Morgan fingerprint density at radius 2 is 1.76 bits per heavy atom. The third kappa shape index (κ3) is 4.14. The number of carbonyl (C=O) groups is 2. The molecule has 1 rings (SSSR count). The predicted molar refractivity (Wildman–Crippen MR) is 67.1 cm³/mol. The number of nitrogens with two attached hydrogens (primary N) is 2. The lowest BCUT2D eigenvalue weighted by molar-refractivity contribution is -0.136. The van der Waals surface area contributed by atoms with E-state index in [9.17, 15) is 9.59 Å². The molecule has 4 N–H and O–H groups in total. The van der Waals surface area contributed by atoms with Crippen molar-refractivity contribution in [3.05, 3.63) is 0 Å². The van der Waals surface area contributed by atoms with Crippen LogP contribution in [0.15, 0.2) is 5.10 Å². The Hall–Kier alpha value is -1.44. The van der Waals surface area contributed by atoms with Gasteiger partial charge in [0.15, 0.2) is 5.17 Å². The summed E-state index contributed by atoms with van der Waals surface area (Å²) in [5.41, 5.74) is 5.38. The van der Waals surface area contributed by atoms with Crippen LogP contribution in [0.5, 0.6) is 0 Å². The summed E-state index contributed by atoms with van der Waals surface area (Å²) in [5, 5.41) is 3.47. The molecule has 0 saturated carbocycles. The molecule has 7 nitrogen and oxygen atoms in total. The molecule has 0 aliphatic carbocycles. The molecule has 0 unspecified atom stereocenters. The van der Waals surface area contributed by atoms with Crippen LogP contribution in [-0.2, 0) is 9.59 Å². The van der Waals surface area contributed by atoms with Crippen LogP contribution >= 0.6 is 11.8 Å². The van der Waals surface area contributed by atoms with Gasteiger partial charge in [-0.3, -0.25) is 9.59 Å². The first-order valence-electron chi connectivity index (χ1n) is 5.24. The highest BCUT2D eigenvalue weighted by atomic mass is 32.2. The van der Waals surface area contributed by atoms with Gasteiger partial charge in [0.05, 0.1) is 5.75 Å². The molecule has 1 aliphatic heterocycles. The third-order valence-electron chi connectivity index (χ3n) is 2.55. The summed E-state index contributed by atoms with van der Waals surface area (Å²) in [6.07, 6.45) is 0. The van der Waals surface area contributed by atoms with Crippen LogP contribution in [0.4, 0.5) is 0 Å². The Bertz CT molecular complexity index is 325. The van der Waals surface area contributed by atoms with Crippen LogP contribution < -0.4 is 11.6 Å². The molecule has 1 saturated heterocycles. The van der Waals surface area contributed by atoms with Gasteiger partial charge >= 0.3 is 0 Å². The molecule has 0 spiro atoms. The zero-order valence-corrected chi connectivity index (χ0v) is 10.6. The van der Waals surface area contributed by atoms with Crippen molar-refractivity contribution in [3.8, 4) is 0 Å². The van der Waals surface area contributed by atoms with E-state index in [-0.39, 0.29) is 22.7 Å². The average molecular weight is 259 g/mol. The van der Waals surface area contributed by atoms with Gasteiger partial charge in [0, 0.05) is 33.1 Å². The van der Waals surface area contributed by atoms with Crippen molar-refractivity contribution < 1.29 is 9.59 Å². The SMILES string of the molecule is CC(=O)N1CCN(C(=O)CSC(N)=NN)CC1. The molecule has 1 heterocycles. The fourth-order valence-electron chi connectivity index (χ4n) is 1.53. The minimum atomic E-state index is -0.00944. The van der Waals surface area contributed by atoms with E-state index in [1.54, 1.807) is 9.80 Å². The van der Waals surface area contributed by atoms with Crippen LogP contribution in [0, 0.1) is 0 Å². The largest absolute Gasteiger partial charge is 0.377 e. The van der Waals surface area contributed by atoms with Crippen LogP contribution in [0.2, 0.25) is 0 Å². The highest BCUT2D eigenvalue weighted by Crippen LogP contribution is 2.06. The van der Waals surface area contributed by atoms with E-state index >= 15 is 0 Å². The molecule has 0 aromatic rings. The Balaban J connectivity index is 2.33. The first kappa shape index (κ1) is 13.6. The van der Waals surface area contributed by atoms with Crippen molar-refractivity contribution >= 4 is 28.7 Å². The first-order valence-corrected chi connectivity index (χ1v) is 6.22. The second-order valence-corrected chi connectivity index (χ2v) is 4.64. The maximum atomic E-state index is 11.7. The summed E-state index contributed by atoms with van der Waals surface area (Å²) in [5.74, 6) is 5.23. The summed E-state index contributed by atoms with van der Waals surface area (Å²) in [6.45, 7) is 3.85. The minimum absolute atomic E-state index is 0.00944. The standard InChI is InChI=1S/C9H17N5O2S/c1-7(15)13-2-4-14(5-3-13)8(16)6-17-9(10)12-11/h2-6,11H2,1H3,(H2,10,12). The lowest BCUT2D eigenvalue weighted by Crippen LogP contribution is -2.50. The number of carbonyl (C=O) groups excluding carboxylic acids is 2. The van der Waals surface area contributed by atoms with Crippen LogP contribution in [0.25, 0.3) is 0 Å². The number of hydrogen-bond donors (Lipinski definition) is 2. The molecular formula is C9H17N5O2S. The van der Waals surface area contributed by atoms with Crippen LogP contribution in [0.3, 0.4) is 0 Å². The molecule has 17 heavy (non-hydrogen) atoms. The van der Waals surface area contributed by atoms with Gasteiger partial charge in [-0.05, 0) is 0 Å². The number of amides is 2. The third-order valence-corrected chi connectivity index (χ3v) is 3.34.